The molecule has 0 radical (unpaired) electrons. The summed E-state index contributed by atoms with van der Waals surface area (Å²) < 4.78 is 0. The number of anilines is 1. The minimum absolute atomic E-state index is 0.160. The lowest BCUT2D eigenvalue weighted by Crippen LogP contribution is -2.32. The molecule has 1 saturated heterocycles. The van der Waals surface area contributed by atoms with Crippen LogP contribution < -0.4 is 5.32 Å². The van der Waals surface area contributed by atoms with Crippen molar-refractivity contribution in [1.29, 1.82) is 5.26 Å². The number of piperidine rings is 1. The van der Waals surface area contributed by atoms with Gasteiger partial charge in [-0.05, 0) is 74.8 Å². The van der Waals surface area contributed by atoms with Gasteiger partial charge in [0.15, 0.2) is 0 Å². The van der Waals surface area contributed by atoms with Crippen molar-refractivity contribution in [2.45, 2.75) is 32.2 Å². The van der Waals surface area contributed by atoms with E-state index in [-0.39, 0.29) is 5.91 Å². The molecule has 1 aliphatic heterocycles. The molecule has 0 aromatic heterocycles. The third kappa shape index (κ3) is 4.26. The first-order chi connectivity index (χ1) is 12.2. The van der Waals surface area contributed by atoms with Gasteiger partial charge in [0.25, 0.3) is 5.91 Å². The van der Waals surface area contributed by atoms with E-state index < -0.39 is 0 Å². The average molecular weight is 333 g/mol. The number of amides is 1. The molecule has 1 amide bonds. The number of hydrogen-bond acceptors (Lipinski definition) is 3. The molecule has 0 bridgehead atoms. The van der Waals surface area contributed by atoms with Gasteiger partial charge in [0, 0.05) is 17.3 Å². The number of hydrogen-bond donors (Lipinski definition) is 1. The minimum Gasteiger partial charge on any atom is -0.322 e. The van der Waals surface area contributed by atoms with Gasteiger partial charge in [-0.3, -0.25) is 9.69 Å². The molecule has 128 valence electrons. The van der Waals surface area contributed by atoms with Crippen LogP contribution in [0.5, 0.6) is 0 Å². The molecule has 2 aromatic carbocycles. The summed E-state index contributed by atoms with van der Waals surface area (Å²) in [6.07, 6.45) is 3.85. The largest absolute Gasteiger partial charge is 0.322 e. The Balaban J connectivity index is 1.70. The Hall–Kier alpha value is -2.64. The van der Waals surface area contributed by atoms with Gasteiger partial charge < -0.3 is 5.32 Å². The first kappa shape index (κ1) is 17.2. The van der Waals surface area contributed by atoms with E-state index in [1.165, 1.54) is 24.8 Å². The lowest BCUT2D eigenvalue weighted by atomic mass is 10.0. The predicted molar refractivity (Wildman–Crippen MR) is 99.4 cm³/mol. The number of nitrogens with one attached hydrogen (secondary N) is 1. The number of rotatable bonds is 4. The van der Waals surface area contributed by atoms with Crippen LogP contribution in [0.3, 0.4) is 0 Å². The molecule has 2 aromatic rings. The summed E-state index contributed by atoms with van der Waals surface area (Å²) in [6, 6.07) is 17.2. The SMILES string of the molecule is CC(c1cccc(NC(=O)c2ccc(C#N)cc2)c1)N1CCCCC1. The second kappa shape index (κ2) is 7.96. The molecule has 3 rings (SSSR count). The standard InChI is InChI=1S/C21H23N3O/c1-16(24-12-3-2-4-13-24)19-6-5-7-20(14-19)23-21(25)18-10-8-17(15-22)9-11-18/h5-11,14,16H,2-4,12-13H2,1H3,(H,23,25). The quantitative estimate of drug-likeness (QED) is 0.904. The van der Waals surface area contributed by atoms with Crippen molar-refractivity contribution >= 4 is 11.6 Å². The van der Waals surface area contributed by atoms with Crippen molar-refractivity contribution in [3.05, 3.63) is 65.2 Å². The van der Waals surface area contributed by atoms with Gasteiger partial charge in [-0.15, -0.1) is 0 Å². The zero-order valence-corrected chi connectivity index (χ0v) is 14.5. The lowest BCUT2D eigenvalue weighted by molar-refractivity contribution is 0.102. The van der Waals surface area contributed by atoms with Crippen LogP contribution >= 0.6 is 0 Å². The van der Waals surface area contributed by atoms with Gasteiger partial charge in [-0.25, -0.2) is 0 Å². The first-order valence-electron chi connectivity index (χ1n) is 8.83. The van der Waals surface area contributed by atoms with Crippen LogP contribution in [0.1, 0.15) is 53.7 Å². The van der Waals surface area contributed by atoms with E-state index in [4.69, 9.17) is 5.26 Å². The molecule has 4 heteroatoms. The maximum Gasteiger partial charge on any atom is 0.255 e. The molecule has 0 aliphatic carbocycles. The number of carbonyl (C=O) groups is 1. The molecule has 0 saturated carbocycles. The summed E-state index contributed by atoms with van der Waals surface area (Å²) in [5, 5.41) is 11.8. The lowest BCUT2D eigenvalue weighted by Gasteiger charge is -2.32. The highest BCUT2D eigenvalue weighted by molar-refractivity contribution is 6.04. The van der Waals surface area contributed by atoms with Gasteiger partial charge in [0.05, 0.1) is 11.6 Å². The third-order valence-corrected chi connectivity index (χ3v) is 4.84. The molecule has 4 nitrogen and oxygen atoms in total. The molecular formula is C21H23N3O. The molecule has 25 heavy (non-hydrogen) atoms. The Morgan fingerprint density at radius 2 is 1.84 bits per heavy atom. The molecule has 1 heterocycles. The Bertz CT molecular complexity index is 770. The average Bonchev–Trinajstić information content (AvgIpc) is 2.68. The predicted octanol–water partition coefficient (Wildman–Crippen LogP) is 4.36. The monoisotopic (exact) mass is 333 g/mol. The smallest absolute Gasteiger partial charge is 0.255 e. The van der Waals surface area contributed by atoms with Crippen LogP contribution in [0.25, 0.3) is 0 Å². The van der Waals surface area contributed by atoms with E-state index in [9.17, 15) is 4.79 Å². The van der Waals surface area contributed by atoms with E-state index >= 15 is 0 Å². The normalized spacial score (nSPS) is 16.0. The Kier molecular flexibility index (Phi) is 5.47. The number of nitrogens with zero attached hydrogens (tertiary/aromatic N) is 2. The van der Waals surface area contributed by atoms with Crippen LogP contribution in [-0.4, -0.2) is 23.9 Å². The van der Waals surface area contributed by atoms with Gasteiger partial charge in [0.1, 0.15) is 0 Å². The number of nitriles is 1. The fourth-order valence-corrected chi connectivity index (χ4v) is 3.29. The van der Waals surface area contributed by atoms with Crippen molar-refractivity contribution in [1.82, 2.24) is 4.90 Å². The molecule has 1 unspecified atom stereocenters. The molecular weight excluding hydrogens is 310 g/mol. The topological polar surface area (TPSA) is 56.1 Å². The maximum atomic E-state index is 12.4. The third-order valence-electron chi connectivity index (χ3n) is 4.84. The van der Waals surface area contributed by atoms with Crippen LogP contribution in [-0.2, 0) is 0 Å². The van der Waals surface area contributed by atoms with Gasteiger partial charge in [-0.1, -0.05) is 18.6 Å². The van der Waals surface area contributed by atoms with E-state index in [0.29, 0.717) is 17.2 Å². The molecule has 1 N–H and O–H groups in total. The van der Waals surface area contributed by atoms with E-state index in [1.807, 2.05) is 12.1 Å². The summed E-state index contributed by atoms with van der Waals surface area (Å²) >= 11 is 0. The number of likely N-dealkylation sites (tertiary alicyclic amines) is 1. The molecule has 1 fully saturated rings. The summed E-state index contributed by atoms with van der Waals surface area (Å²) in [4.78, 5) is 14.9. The molecule has 1 atom stereocenters. The molecule has 0 spiro atoms. The van der Waals surface area contributed by atoms with E-state index in [2.05, 4.69) is 35.3 Å². The second-order valence-corrected chi connectivity index (χ2v) is 6.54. The minimum atomic E-state index is -0.160. The van der Waals surface area contributed by atoms with E-state index in [0.717, 1.165) is 18.8 Å². The van der Waals surface area contributed by atoms with Crippen molar-refractivity contribution < 1.29 is 4.79 Å². The molecule has 1 aliphatic rings. The zero-order valence-electron chi connectivity index (χ0n) is 14.5. The van der Waals surface area contributed by atoms with Crippen LogP contribution in [0, 0.1) is 11.3 Å². The second-order valence-electron chi connectivity index (χ2n) is 6.54. The number of carbonyl (C=O) groups excluding carboxylic acids is 1. The Labute approximate surface area is 149 Å². The van der Waals surface area contributed by atoms with Gasteiger partial charge in [-0.2, -0.15) is 5.26 Å². The highest BCUT2D eigenvalue weighted by Gasteiger charge is 2.18. The Morgan fingerprint density at radius 3 is 2.52 bits per heavy atom. The Morgan fingerprint density at radius 1 is 1.12 bits per heavy atom. The summed E-state index contributed by atoms with van der Waals surface area (Å²) in [5.74, 6) is -0.160. The zero-order chi connectivity index (χ0) is 17.6. The maximum absolute atomic E-state index is 12.4. The first-order valence-corrected chi connectivity index (χ1v) is 8.83. The number of benzene rings is 2. The van der Waals surface area contributed by atoms with Crippen LogP contribution in [0.2, 0.25) is 0 Å². The summed E-state index contributed by atoms with van der Waals surface area (Å²) in [6.45, 7) is 4.51. The van der Waals surface area contributed by atoms with Crippen LogP contribution in [0.15, 0.2) is 48.5 Å². The van der Waals surface area contributed by atoms with Crippen molar-refractivity contribution in [2.24, 2.45) is 0 Å². The van der Waals surface area contributed by atoms with Gasteiger partial charge >= 0.3 is 0 Å². The fourth-order valence-electron chi connectivity index (χ4n) is 3.29. The van der Waals surface area contributed by atoms with E-state index in [1.54, 1.807) is 24.3 Å². The highest BCUT2D eigenvalue weighted by Crippen LogP contribution is 2.26. The van der Waals surface area contributed by atoms with Crippen molar-refractivity contribution in [3.63, 3.8) is 0 Å². The highest BCUT2D eigenvalue weighted by atomic mass is 16.1. The summed E-state index contributed by atoms with van der Waals surface area (Å²) in [7, 11) is 0. The fraction of sp³-hybridized carbons (Fsp3) is 0.333. The van der Waals surface area contributed by atoms with Crippen molar-refractivity contribution in [2.75, 3.05) is 18.4 Å². The van der Waals surface area contributed by atoms with Crippen molar-refractivity contribution in [3.8, 4) is 6.07 Å². The van der Waals surface area contributed by atoms with Gasteiger partial charge in [0.2, 0.25) is 0 Å². The summed E-state index contributed by atoms with van der Waals surface area (Å²) in [5.41, 5.74) is 3.12. The van der Waals surface area contributed by atoms with Crippen LogP contribution in [0.4, 0.5) is 5.69 Å².